The third kappa shape index (κ3) is 3.79. The number of furan rings is 1. The van der Waals surface area contributed by atoms with E-state index < -0.39 is 12.1 Å². The third-order valence-corrected chi connectivity index (χ3v) is 3.65. The summed E-state index contributed by atoms with van der Waals surface area (Å²) in [6, 6.07) is 3.49. The molecule has 2 unspecified atom stereocenters. The maximum absolute atomic E-state index is 12.0. The molecule has 2 aliphatic heterocycles. The molecule has 3 rings (SSSR count). The van der Waals surface area contributed by atoms with Crippen molar-refractivity contribution < 1.29 is 32.3 Å². The number of rotatable bonds is 1. The van der Waals surface area contributed by atoms with Gasteiger partial charge in [-0.05, 0) is 24.0 Å². The van der Waals surface area contributed by atoms with Gasteiger partial charge in [-0.25, -0.2) is 4.79 Å². The van der Waals surface area contributed by atoms with Crippen LogP contribution in [0.5, 0.6) is 0 Å². The van der Waals surface area contributed by atoms with E-state index >= 15 is 0 Å². The van der Waals surface area contributed by atoms with Crippen LogP contribution < -0.4 is 5.32 Å². The van der Waals surface area contributed by atoms with Gasteiger partial charge in [-0.1, -0.05) is 0 Å². The quantitative estimate of drug-likeness (QED) is 0.812. The van der Waals surface area contributed by atoms with Crippen LogP contribution in [0.4, 0.5) is 13.2 Å². The number of hydrogen-bond donors (Lipinski definition) is 2. The highest BCUT2D eigenvalue weighted by molar-refractivity contribution is 5.91. The lowest BCUT2D eigenvalue weighted by atomic mass is 10.0. The fourth-order valence-corrected chi connectivity index (χ4v) is 2.58. The fraction of sp³-hybridized carbons (Fsp3) is 0.538. The third-order valence-electron chi connectivity index (χ3n) is 3.65. The van der Waals surface area contributed by atoms with Crippen LogP contribution in [0.2, 0.25) is 0 Å². The predicted molar refractivity (Wildman–Crippen MR) is 68.2 cm³/mol. The Labute approximate surface area is 123 Å². The van der Waals surface area contributed by atoms with Gasteiger partial charge in [0.15, 0.2) is 5.76 Å². The SMILES string of the molecule is O=C(O)C(F)(F)F.O=C(c1ccco1)N1CC2CNCC2C1. The molecule has 0 bridgehead atoms. The second kappa shape index (κ2) is 6.39. The number of hydrogen-bond acceptors (Lipinski definition) is 4. The normalized spacial score (nSPS) is 23.7. The number of halogens is 3. The second-order valence-corrected chi connectivity index (χ2v) is 5.17. The highest BCUT2D eigenvalue weighted by Crippen LogP contribution is 2.27. The average Bonchev–Trinajstić information content (AvgIpc) is 3.14. The highest BCUT2D eigenvalue weighted by Gasteiger charge is 2.39. The first-order valence-electron chi connectivity index (χ1n) is 6.62. The summed E-state index contributed by atoms with van der Waals surface area (Å²) < 4.78 is 36.9. The van der Waals surface area contributed by atoms with Crippen LogP contribution in [0.25, 0.3) is 0 Å². The molecule has 0 aliphatic carbocycles. The highest BCUT2D eigenvalue weighted by atomic mass is 19.4. The molecule has 0 aromatic carbocycles. The number of carbonyl (C=O) groups excluding carboxylic acids is 1. The molecule has 1 amide bonds. The number of likely N-dealkylation sites (tertiary alicyclic amines) is 1. The summed E-state index contributed by atoms with van der Waals surface area (Å²) in [5.74, 6) is -0.974. The molecular formula is C13H15F3N2O4. The van der Waals surface area contributed by atoms with Crippen LogP contribution in [0.3, 0.4) is 0 Å². The van der Waals surface area contributed by atoms with Gasteiger partial charge < -0.3 is 19.7 Å². The number of nitrogens with one attached hydrogen (secondary N) is 1. The monoisotopic (exact) mass is 320 g/mol. The summed E-state index contributed by atoms with van der Waals surface area (Å²) in [6.07, 6.45) is -3.54. The van der Waals surface area contributed by atoms with E-state index in [2.05, 4.69) is 5.32 Å². The molecule has 0 radical (unpaired) electrons. The first-order chi connectivity index (χ1) is 10.3. The van der Waals surface area contributed by atoms with Crippen molar-refractivity contribution in [2.45, 2.75) is 6.18 Å². The number of fused-ring (bicyclic) bond motifs is 1. The molecule has 22 heavy (non-hydrogen) atoms. The van der Waals surface area contributed by atoms with Crippen molar-refractivity contribution in [1.29, 1.82) is 0 Å². The molecule has 0 saturated carbocycles. The van der Waals surface area contributed by atoms with Crippen molar-refractivity contribution in [2.75, 3.05) is 26.2 Å². The van der Waals surface area contributed by atoms with Gasteiger partial charge in [0.2, 0.25) is 0 Å². The van der Waals surface area contributed by atoms with Crippen LogP contribution in [0, 0.1) is 11.8 Å². The van der Waals surface area contributed by atoms with E-state index in [4.69, 9.17) is 14.3 Å². The topological polar surface area (TPSA) is 82.8 Å². The number of carboxylic acid groups (broad SMARTS) is 1. The van der Waals surface area contributed by atoms with Gasteiger partial charge in [-0.2, -0.15) is 13.2 Å². The summed E-state index contributed by atoms with van der Waals surface area (Å²) >= 11 is 0. The van der Waals surface area contributed by atoms with Crippen molar-refractivity contribution in [3.63, 3.8) is 0 Å². The zero-order valence-electron chi connectivity index (χ0n) is 11.5. The number of alkyl halides is 3. The van der Waals surface area contributed by atoms with Gasteiger partial charge >= 0.3 is 12.1 Å². The number of aliphatic carboxylic acids is 1. The Balaban J connectivity index is 0.000000217. The lowest BCUT2D eigenvalue weighted by Gasteiger charge is -2.15. The van der Waals surface area contributed by atoms with Gasteiger partial charge in [-0.3, -0.25) is 4.79 Å². The number of carbonyl (C=O) groups is 2. The Morgan fingerprint density at radius 1 is 1.27 bits per heavy atom. The van der Waals surface area contributed by atoms with E-state index in [1.807, 2.05) is 4.90 Å². The molecule has 3 heterocycles. The summed E-state index contributed by atoms with van der Waals surface area (Å²) in [7, 11) is 0. The van der Waals surface area contributed by atoms with Crippen molar-refractivity contribution >= 4 is 11.9 Å². The Kier molecular flexibility index (Phi) is 4.74. The van der Waals surface area contributed by atoms with E-state index in [1.165, 1.54) is 0 Å². The lowest BCUT2D eigenvalue weighted by molar-refractivity contribution is -0.192. The molecule has 2 fully saturated rings. The summed E-state index contributed by atoms with van der Waals surface area (Å²) in [4.78, 5) is 22.8. The Morgan fingerprint density at radius 3 is 2.23 bits per heavy atom. The van der Waals surface area contributed by atoms with Gasteiger partial charge in [0.1, 0.15) is 0 Å². The van der Waals surface area contributed by atoms with Crippen molar-refractivity contribution in [3.8, 4) is 0 Å². The van der Waals surface area contributed by atoms with Crippen LogP contribution in [0.15, 0.2) is 22.8 Å². The van der Waals surface area contributed by atoms with Gasteiger partial charge in [0.05, 0.1) is 6.26 Å². The minimum atomic E-state index is -5.08. The Hall–Kier alpha value is -2.03. The average molecular weight is 320 g/mol. The molecule has 2 aliphatic rings. The lowest BCUT2D eigenvalue weighted by Crippen LogP contribution is -2.31. The molecule has 0 spiro atoms. The zero-order valence-corrected chi connectivity index (χ0v) is 11.5. The molecule has 122 valence electrons. The van der Waals surface area contributed by atoms with E-state index in [0.29, 0.717) is 17.6 Å². The summed E-state index contributed by atoms with van der Waals surface area (Å²) in [5, 5.41) is 10.5. The van der Waals surface area contributed by atoms with E-state index in [1.54, 1.807) is 18.4 Å². The van der Waals surface area contributed by atoms with Crippen molar-refractivity contribution in [2.24, 2.45) is 11.8 Å². The first kappa shape index (κ1) is 16.3. The Morgan fingerprint density at radius 2 is 1.82 bits per heavy atom. The molecule has 6 nitrogen and oxygen atoms in total. The standard InChI is InChI=1S/C11H14N2O2.C2HF3O2/c14-11(10-2-1-3-15-10)13-6-8-4-12-5-9(8)7-13;3-2(4,5)1(6)7/h1-3,8-9,12H,4-7H2;(H,6,7). The molecule has 1 aromatic rings. The van der Waals surface area contributed by atoms with Gasteiger partial charge in [-0.15, -0.1) is 0 Å². The van der Waals surface area contributed by atoms with Crippen molar-refractivity contribution in [1.82, 2.24) is 10.2 Å². The number of carboxylic acids is 1. The predicted octanol–water partition coefficient (Wildman–Crippen LogP) is 1.20. The zero-order chi connectivity index (χ0) is 16.3. The first-order valence-corrected chi connectivity index (χ1v) is 6.62. The van der Waals surface area contributed by atoms with Crippen LogP contribution in [-0.4, -0.2) is 54.2 Å². The maximum Gasteiger partial charge on any atom is 0.490 e. The van der Waals surface area contributed by atoms with E-state index in [0.717, 1.165) is 26.2 Å². The van der Waals surface area contributed by atoms with Crippen LogP contribution in [0.1, 0.15) is 10.6 Å². The fourth-order valence-electron chi connectivity index (χ4n) is 2.58. The summed E-state index contributed by atoms with van der Waals surface area (Å²) in [5.41, 5.74) is 0. The molecule has 2 saturated heterocycles. The minimum Gasteiger partial charge on any atom is -0.475 e. The molecular weight excluding hydrogens is 305 g/mol. The summed E-state index contributed by atoms with van der Waals surface area (Å²) in [6.45, 7) is 3.84. The smallest absolute Gasteiger partial charge is 0.475 e. The maximum atomic E-state index is 12.0. The molecule has 2 N–H and O–H groups in total. The molecule has 1 aromatic heterocycles. The Bertz CT molecular complexity index is 518. The largest absolute Gasteiger partial charge is 0.490 e. The molecule has 2 atom stereocenters. The van der Waals surface area contributed by atoms with E-state index in [9.17, 15) is 18.0 Å². The van der Waals surface area contributed by atoms with Gasteiger partial charge in [0, 0.05) is 26.2 Å². The molecule has 9 heteroatoms. The van der Waals surface area contributed by atoms with Gasteiger partial charge in [0.25, 0.3) is 5.91 Å². The van der Waals surface area contributed by atoms with E-state index in [-0.39, 0.29) is 5.91 Å². The van der Waals surface area contributed by atoms with Crippen molar-refractivity contribution in [3.05, 3.63) is 24.2 Å². The minimum absolute atomic E-state index is 0.0365. The van der Waals surface area contributed by atoms with Crippen LogP contribution >= 0.6 is 0 Å². The number of amides is 1. The number of nitrogens with zero attached hydrogens (tertiary/aromatic N) is 1. The van der Waals surface area contributed by atoms with Crippen LogP contribution in [-0.2, 0) is 4.79 Å². The second-order valence-electron chi connectivity index (χ2n) is 5.17.